The summed E-state index contributed by atoms with van der Waals surface area (Å²) in [5, 5.41) is 22.9. The lowest BCUT2D eigenvalue weighted by atomic mass is 9.82. The average molecular weight is 211 g/mol. The molecule has 0 atom stereocenters. The van der Waals surface area contributed by atoms with Crippen LogP contribution in [0, 0.1) is 17.2 Å². The Labute approximate surface area is 89.5 Å². The third kappa shape index (κ3) is 4.77. The molecule has 5 heteroatoms. The standard InChI is InChI=1S/C10H17N3O2/c11-2-1-3-13-10(15)7-12-6-8-4-9(14)5-8/h8-9,12,14H,1,3-7H2,(H,13,15). The van der Waals surface area contributed by atoms with E-state index in [2.05, 4.69) is 10.6 Å². The average Bonchev–Trinajstić information content (AvgIpc) is 2.15. The van der Waals surface area contributed by atoms with Gasteiger partial charge in [0, 0.05) is 6.54 Å². The van der Waals surface area contributed by atoms with Crippen LogP contribution in [0.15, 0.2) is 0 Å². The molecule has 3 N–H and O–H groups in total. The number of nitrogens with one attached hydrogen (secondary N) is 2. The van der Waals surface area contributed by atoms with Crippen LogP contribution in [0.1, 0.15) is 19.3 Å². The van der Waals surface area contributed by atoms with Gasteiger partial charge in [-0.15, -0.1) is 0 Å². The van der Waals surface area contributed by atoms with Gasteiger partial charge in [0.05, 0.1) is 25.1 Å². The maximum absolute atomic E-state index is 11.1. The van der Waals surface area contributed by atoms with Crippen LogP contribution in [-0.4, -0.2) is 36.8 Å². The van der Waals surface area contributed by atoms with Crippen molar-refractivity contribution in [3.8, 4) is 6.07 Å². The summed E-state index contributed by atoms with van der Waals surface area (Å²) < 4.78 is 0. The minimum absolute atomic E-state index is 0.0786. The predicted octanol–water partition coefficient (Wildman–Crippen LogP) is -0.623. The van der Waals surface area contributed by atoms with Gasteiger partial charge in [0.25, 0.3) is 0 Å². The molecule has 5 nitrogen and oxygen atoms in total. The Bertz CT molecular complexity index is 244. The topological polar surface area (TPSA) is 85.2 Å². The Hall–Kier alpha value is -1.12. The molecule has 0 aromatic rings. The highest BCUT2D eigenvalue weighted by molar-refractivity contribution is 5.77. The van der Waals surface area contributed by atoms with Crippen molar-refractivity contribution in [3.63, 3.8) is 0 Å². The van der Waals surface area contributed by atoms with Crippen LogP contribution in [-0.2, 0) is 4.79 Å². The molecule has 1 aliphatic rings. The summed E-state index contributed by atoms with van der Waals surface area (Å²) in [6.07, 6.45) is 1.88. The zero-order valence-corrected chi connectivity index (χ0v) is 8.70. The molecule has 0 spiro atoms. The Morgan fingerprint density at radius 2 is 2.27 bits per heavy atom. The molecule has 1 fully saturated rings. The molecule has 0 unspecified atom stereocenters. The maximum atomic E-state index is 11.1. The van der Waals surface area contributed by atoms with E-state index < -0.39 is 0 Å². The van der Waals surface area contributed by atoms with Crippen molar-refractivity contribution in [2.75, 3.05) is 19.6 Å². The number of carbonyl (C=O) groups excluding carboxylic acids is 1. The second kappa shape index (κ2) is 6.38. The Kier molecular flexibility index (Phi) is 5.08. The van der Waals surface area contributed by atoms with Gasteiger partial charge in [0.1, 0.15) is 0 Å². The Morgan fingerprint density at radius 3 is 2.87 bits per heavy atom. The first kappa shape index (κ1) is 12.0. The van der Waals surface area contributed by atoms with Gasteiger partial charge in [-0.3, -0.25) is 4.79 Å². The van der Waals surface area contributed by atoms with E-state index in [0.29, 0.717) is 18.9 Å². The summed E-state index contributed by atoms with van der Waals surface area (Å²) in [7, 11) is 0. The number of amides is 1. The van der Waals surface area contributed by atoms with Crippen LogP contribution in [0.5, 0.6) is 0 Å². The van der Waals surface area contributed by atoms with E-state index in [1.54, 1.807) is 0 Å². The summed E-state index contributed by atoms with van der Waals surface area (Å²) >= 11 is 0. The largest absolute Gasteiger partial charge is 0.393 e. The number of aliphatic hydroxyl groups is 1. The first-order valence-corrected chi connectivity index (χ1v) is 5.24. The summed E-state index contributed by atoms with van der Waals surface area (Å²) in [5.41, 5.74) is 0. The molecule has 0 bridgehead atoms. The first-order valence-electron chi connectivity index (χ1n) is 5.24. The molecule has 0 heterocycles. The number of rotatable bonds is 6. The van der Waals surface area contributed by atoms with E-state index >= 15 is 0 Å². The molecule has 15 heavy (non-hydrogen) atoms. The van der Waals surface area contributed by atoms with Crippen molar-refractivity contribution in [1.29, 1.82) is 5.26 Å². The zero-order valence-electron chi connectivity index (χ0n) is 8.70. The van der Waals surface area contributed by atoms with Crippen molar-refractivity contribution in [1.82, 2.24) is 10.6 Å². The molecule has 0 saturated heterocycles. The maximum Gasteiger partial charge on any atom is 0.233 e. The minimum atomic E-state index is -0.138. The minimum Gasteiger partial charge on any atom is -0.393 e. The van der Waals surface area contributed by atoms with Gasteiger partial charge in [-0.1, -0.05) is 0 Å². The molecular formula is C10H17N3O2. The quantitative estimate of drug-likeness (QED) is 0.511. The summed E-state index contributed by atoms with van der Waals surface area (Å²) in [6.45, 7) is 1.49. The molecular weight excluding hydrogens is 194 g/mol. The van der Waals surface area contributed by atoms with Gasteiger partial charge < -0.3 is 15.7 Å². The molecule has 0 aromatic carbocycles. The van der Waals surface area contributed by atoms with Crippen LogP contribution in [0.25, 0.3) is 0 Å². The van der Waals surface area contributed by atoms with Gasteiger partial charge in [-0.05, 0) is 25.3 Å². The van der Waals surface area contributed by atoms with E-state index in [0.717, 1.165) is 19.4 Å². The second-order valence-electron chi connectivity index (χ2n) is 3.88. The molecule has 1 amide bonds. The molecule has 84 valence electrons. The van der Waals surface area contributed by atoms with Crippen LogP contribution in [0.3, 0.4) is 0 Å². The number of aliphatic hydroxyl groups excluding tert-OH is 1. The van der Waals surface area contributed by atoms with Crippen LogP contribution in [0.4, 0.5) is 0 Å². The van der Waals surface area contributed by atoms with Crippen LogP contribution in [0.2, 0.25) is 0 Å². The Morgan fingerprint density at radius 1 is 1.53 bits per heavy atom. The van der Waals surface area contributed by atoms with E-state index in [1.165, 1.54) is 0 Å². The molecule has 0 aliphatic heterocycles. The van der Waals surface area contributed by atoms with Gasteiger partial charge in [-0.25, -0.2) is 0 Å². The fourth-order valence-electron chi connectivity index (χ4n) is 1.58. The highest BCUT2D eigenvalue weighted by Gasteiger charge is 2.26. The molecule has 0 aromatic heterocycles. The van der Waals surface area contributed by atoms with Crippen molar-refractivity contribution >= 4 is 5.91 Å². The molecule has 1 rings (SSSR count). The van der Waals surface area contributed by atoms with E-state index in [1.807, 2.05) is 6.07 Å². The lowest BCUT2D eigenvalue weighted by molar-refractivity contribution is -0.120. The SMILES string of the molecule is N#CCCNC(=O)CNCC1CC(O)C1. The number of hydrogen-bond acceptors (Lipinski definition) is 4. The molecule has 0 radical (unpaired) electrons. The number of carbonyl (C=O) groups is 1. The first-order chi connectivity index (χ1) is 7.22. The van der Waals surface area contributed by atoms with Crippen molar-refractivity contribution in [3.05, 3.63) is 0 Å². The fourth-order valence-corrected chi connectivity index (χ4v) is 1.58. The summed E-state index contributed by atoms with van der Waals surface area (Å²) in [5.74, 6) is 0.428. The fraction of sp³-hybridized carbons (Fsp3) is 0.800. The summed E-state index contributed by atoms with van der Waals surface area (Å²) in [6, 6.07) is 1.96. The van der Waals surface area contributed by atoms with E-state index in [9.17, 15) is 4.79 Å². The third-order valence-corrected chi connectivity index (χ3v) is 2.49. The predicted molar refractivity (Wildman–Crippen MR) is 54.8 cm³/mol. The third-order valence-electron chi connectivity index (χ3n) is 2.49. The zero-order chi connectivity index (χ0) is 11.1. The molecule has 1 saturated carbocycles. The highest BCUT2D eigenvalue weighted by atomic mass is 16.3. The lowest BCUT2D eigenvalue weighted by Gasteiger charge is -2.31. The number of nitriles is 1. The van der Waals surface area contributed by atoms with Crippen molar-refractivity contribution in [2.24, 2.45) is 5.92 Å². The number of hydrogen-bond donors (Lipinski definition) is 3. The number of nitrogens with zero attached hydrogens (tertiary/aromatic N) is 1. The van der Waals surface area contributed by atoms with Crippen molar-refractivity contribution in [2.45, 2.75) is 25.4 Å². The normalized spacial score (nSPS) is 24.0. The van der Waals surface area contributed by atoms with Crippen LogP contribution < -0.4 is 10.6 Å². The van der Waals surface area contributed by atoms with Gasteiger partial charge in [0.15, 0.2) is 0 Å². The smallest absolute Gasteiger partial charge is 0.233 e. The lowest BCUT2D eigenvalue weighted by Crippen LogP contribution is -2.40. The van der Waals surface area contributed by atoms with Gasteiger partial charge in [-0.2, -0.15) is 5.26 Å². The summed E-state index contributed by atoms with van der Waals surface area (Å²) in [4.78, 5) is 11.1. The van der Waals surface area contributed by atoms with Crippen molar-refractivity contribution < 1.29 is 9.90 Å². The highest BCUT2D eigenvalue weighted by Crippen LogP contribution is 2.25. The van der Waals surface area contributed by atoms with Gasteiger partial charge >= 0.3 is 0 Å². The van der Waals surface area contributed by atoms with Gasteiger partial charge in [0.2, 0.25) is 5.91 Å². The monoisotopic (exact) mass is 211 g/mol. The van der Waals surface area contributed by atoms with Crippen LogP contribution >= 0.6 is 0 Å². The Balaban J connectivity index is 1.91. The van der Waals surface area contributed by atoms with E-state index in [-0.39, 0.29) is 18.6 Å². The second-order valence-corrected chi connectivity index (χ2v) is 3.88. The molecule has 1 aliphatic carbocycles. The van der Waals surface area contributed by atoms with E-state index in [4.69, 9.17) is 10.4 Å².